The summed E-state index contributed by atoms with van der Waals surface area (Å²) in [5.74, 6) is 2.25. The van der Waals surface area contributed by atoms with Crippen molar-refractivity contribution in [2.75, 3.05) is 12.4 Å². The van der Waals surface area contributed by atoms with E-state index in [-0.39, 0.29) is 0 Å². The van der Waals surface area contributed by atoms with Crippen LogP contribution in [0.5, 0.6) is 0 Å². The number of aromatic nitrogens is 2. The molecule has 3 nitrogen and oxygen atoms in total. The Kier molecular flexibility index (Phi) is 3.02. The topological polar surface area (TPSA) is 37.8 Å². The quantitative estimate of drug-likeness (QED) is 0.744. The van der Waals surface area contributed by atoms with Crippen LogP contribution < -0.4 is 5.32 Å². The van der Waals surface area contributed by atoms with E-state index in [4.69, 9.17) is 0 Å². The Balaban J connectivity index is 2.86. The first kappa shape index (κ1) is 8.97. The molecule has 0 saturated carbocycles. The molecule has 12 heavy (non-hydrogen) atoms. The lowest BCUT2D eigenvalue weighted by Crippen LogP contribution is -2.02. The van der Waals surface area contributed by atoms with Gasteiger partial charge in [-0.25, -0.2) is 9.97 Å². The molecule has 1 heterocycles. The molecule has 1 aromatic rings. The minimum absolute atomic E-state index is 0.443. The van der Waals surface area contributed by atoms with Crippen molar-refractivity contribution in [3.05, 3.63) is 18.1 Å². The van der Waals surface area contributed by atoms with Crippen LogP contribution in [0.2, 0.25) is 0 Å². The molecule has 0 fully saturated rings. The van der Waals surface area contributed by atoms with Gasteiger partial charge in [0.05, 0.1) is 0 Å². The largest absolute Gasteiger partial charge is 0.373 e. The van der Waals surface area contributed by atoms with Crippen molar-refractivity contribution in [3.63, 3.8) is 0 Å². The van der Waals surface area contributed by atoms with Crippen LogP contribution in [0, 0.1) is 0 Å². The van der Waals surface area contributed by atoms with Crippen molar-refractivity contribution >= 4 is 5.82 Å². The first-order valence-corrected chi connectivity index (χ1v) is 4.28. The van der Waals surface area contributed by atoms with E-state index in [9.17, 15) is 0 Å². The van der Waals surface area contributed by atoms with Crippen molar-refractivity contribution in [2.24, 2.45) is 0 Å². The smallest absolute Gasteiger partial charge is 0.133 e. The van der Waals surface area contributed by atoms with Gasteiger partial charge in [0.25, 0.3) is 0 Å². The molecule has 0 saturated heterocycles. The van der Waals surface area contributed by atoms with Gasteiger partial charge in [0.2, 0.25) is 0 Å². The minimum atomic E-state index is 0.443. The minimum Gasteiger partial charge on any atom is -0.373 e. The first-order valence-electron chi connectivity index (χ1n) is 4.28. The molecule has 0 radical (unpaired) electrons. The molecule has 0 aliphatic carbocycles. The Morgan fingerprint density at radius 2 is 2.33 bits per heavy atom. The van der Waals surface area contributed by atoms with Crippen LogP contribution in [0.15, 0.2) is 12.3 Å². The van der Waals surface area contributed by atoms with Gasteiger partial charge in [0.15, 0.2) is 0 Å². The Hall–Kier alpha value is -1.12. The molecule has 1 rings (SSSR count). The molecule has 0 aliphatic heterocycles. The van der Waals surface area contributed by atoms with Crippen LogP contribution in [-0.4, -0.2) is 17.0 Å². The van der Waals surface area contributed by atoms with Crippen LogP contribution in [0.3, 0.4) is 0 Å². The van der Waals surface area contributed by atoms with Gasteiger partial charge in [0, 0.05) is 19.2 Å². The first-order chi connectivity index (χ1) is 5.77. The van der Waals surface area contributed by atoms with Gasteiger partial charge in [0.1, 0.15) is 11.6 Å². The zero-order valence-corrected chi connectivity index (χ0v) is 7.83. The molecule has 0 amide bonds. The highest BCUT2D eigenvalue weighted by molar-refractivity contribution is 5.31. The summed E-state index contributed by atoms with van der Waals surface area (Å²) in [7, 11) is 1.86. The number of nitrogens with one attached hydrogen (secondary N) is 1. The van der Waals surface area contributed by atoms with Crippen LogP contribution in [0.25, 0.3) is 0 Å². The normalized spacial score (nSPS) is 12.6. The third-order valence-corrected chi connectivity index (χ3v) is 1.98. The lowest BCUT2D eigenvalue weighted by atomic mass is 10.1. The third kappa shape index (κ3) is 1.94. The SMILES string of the molecule is CCC(C)c1nccc(NC)n1. The molecular weight excluding hydrogens is 150 g/mol. The summed E-state index contributed by atoms with van der Waals surface area (Å²) in [6.07, 6.45) is 2.87. The fraction of sp³-hybridized carbons (Fsp3) is 0.556. The molecule has 1 aromatic heterocycles. The van der Waals surface area contributed by atoms with Crippen molar-refractivity contribution in [1.82, 2.24) is 9.97 Å². The van der Waals surface area contributed by atoms with Crippen molar-refractivity contribution in [2.45, 2.75) is 26.2 Å². The van der Waals surface area contributed by atoms with E-state index < -0.39 is 0 Å². The number of hydrogen-bond donors (Lipinski definition) is 1. The highest BCUT2D eigenvalue weighted by Crippen LogP contribution is 2.14. The fourth-order valence-corrected chi connectivity index (χ4v) is 0.933. The van der Waals surface area contributed by atoms with Gasteiger partial charge in [-0.1, -0.05) is 13.8 Å². The summed E-state index contributed by atoms with van der Waals surface area (Å²) >= 11 is 0. The lowest BCUT2D eigenvalue weighted by molar-refractivity contribution is 0.679. The maximum absolute atomic E-state index is 4.34. The second-order valence-corrected chi connectivity index (χ2v) is 2.86. The van der Waals surface area contributed by atoms with Crippen LogP contribution in [-0.2, 0) is 0 Å². The zero-order chi connectivity index (χ0) is 8.97. The maximum atomic E-state index is 4.34. The molecule has 1 unspecified atom stereocenters. The summed E-state index contributed by atoms with van der Waals surface area (Å²) in [6.45, 7) is 4.27. The maximum Gasteiger partial charge on any atom is 0.133 e. The van der Waals surface area contributed by atoms with E-state index >= 15 is 0 Å². The average Bonchev–Trinajstić information content (AvgIpc) is 2.17. The average molecular weight is 165 g/mol. The summed E-state index contributed by atoms with van der Waals surface area (Å²) in [5.41, 5.74) is 0. The van der Waals surface area contributed by atoms with Crippen LogP contribution >= 0.6 is 0 Å². The number of nitrogens with zero attached hydrogens (tertiary/aromatic N) is 2. The lowest BCUT2D eigenvalue weighted by Gasteiger charge is -2.07. The molecule has 0 aliphatic rings. The van der Waals surface area contributed by atoms with Crippen LogP contribution in [0.4, 0.5) is 5.82 Å². The molecule has 66 valence electrons. The molecule has 3 heteroatoms. The summed E-state index contributed by atoms with van der Waals surface area (Å²) in [4.78, 5) is 8.55. The molecule has 0 bridgehead atoms. The second kappa shape index (κ2) is 4.04. The van der Waals surface area contributed by atoms with Crippen molar-refractivity contribution in [3.8, 4) is 0 Å². The summed E-state index contributed by atoms with van der Waals surface area (Å²) in [6, 6.07) is 1.87. The van der Waals surface area contributed by atoms with Gasteiger partial charge in [-0.3, -0.25) is 0 Å². The van der Waals surface area contributed by atoms with Gasteiger partial charge in [-0.05, 0) is 12.5 Å². The predicted octanol–water partition coefficient (Wildman–Crippen LogP) is 2.03. The van der Waals surface area contributed by atoms with Gasteiger partial charge in [-0.2, -0.15) is 0 Å². The molecular formula is C9H15N3. The van der Waals surface area contributed by atoms with E-state index in [0.717, 1.165) is 18.1 Å². The van der Waals surface area contributed by atoms with Gasteiger partial charge >= 0.3 is 0 Å². The second-order valence-electron chi connectivity index (χ2n) is 2.86. The number of hydrogen-bond acceptors (Lipinski definition) is 3. The highest BCUT2D eigenvalue weighted by Gasteiger charge is 2.05. The number of rotatable bonds is 3. The van der Waals surface area contributed by atoms with E-state index in [1.54, 1.807) is 6.20 Å². The predicted molar refractivity (Wildman–Crippen MR) is 50.3 cm³/mol. The van der Waals surface area contributed by atoms with Crippen molar-refractivity contribution in [1.29, 1.82) is 0 Å². The third-order valence-electron chi connectivity index (χ3n) is 1.98. The Morgan fingerprint density at radius 1 is 1.58 bits per heavy atom. The molecule has 1 atom stereocenters. The fourth-order valence-electron chi connectivity index (χ4n) is 0.933. The highest BCUT2D eigenvalue weighted by atomic mass is 15.0. The Bertz CT molecular complexity index is 247. The zero-order valence-electron chi connectivity index (χ0n) is 7.83. The van der Waals surface area contributed by atoms with E-state index in [1.165, 1.54) is 0 Å². The van der Waals surface area contributed by atoms with Gasteiger partial charge in [-0.15, -0.1) is 0 Å². The standard InChI is InChI=1S/C9H15N3/c1-4-7(2)9-11-6-5-8(10-3)12-9/h5-7H,4H2,1-3H3,(H,10,11,12). The molecule has 0 spiro atoms. The van der Waals surface area contributed by atoms with E-state index in [1.807, 2.05) is 13.1 Å². The Labute approximate surface area is 73.2 Å². The molecule has 1 N–H and O–H groups in total. The Morgan fingerprint density at radius 3 is 2.92 bits per heavy atom. The summed E-state index contributed by atoms with van der Waals surface area (Å²) < 4.78 is 0. The van der Waals surface area contributed by atoms with Crippen molar-refractivity contribution < 1.29 is 0 Å². The van der Waals surface area contributed by atoms with Gasteiger partial charge < -0.3 is 5.32 Å². The number of anilines is 1. The monoisotopic (exact) mass is 165 g/mol. The summed E-state index contributed by atoms with van der Waals surface area (Å²) in [5, 5.41) is 3.00. The van der Waals surface area contributed by atoms with E-state index in [2.05, 4.69) is 29.1 Å². The molecule has 0 aromatic carbocycles. The van der Waals surface area contributed by atoms with Crippen LogP contribution in [0.1, 0.15) is 32.0 Å². The van der Waals surface area contributed by atoms with E-state index in [0.29, 0.717) is 5.92 Å².